The lowest BCUT2D eigenvalue weighted by Crippen LogP contribution is -1.97. The van der Waals surface area contributed by atoms with Crippen LogP contribution in [0.3, 0.4) is 0 Å². The predicted octanol–water partition coefficient (Wildman–Crippen LogP) is 1.90. The predicted molar refractivity (Wildman–Crippen MR) is 54.3 cm³/mol. The maximum Gasteiger partial charge on any atom is 0.313 e. The standard InChI is InChI=1S/C9H11NO2S/c1-10-7-2-4-8(5-3-7)13-6-9(11)12/h2-5,10H,6H2,1H3,(H,11,12). The van der Waals surface area contributed by atoms with Crippen molar-refractivity contribution in [1.82, 2.24) is 0 Å². The molecule has 0 atom stereocenters. The summed E-state index contributed by atoms with van der Waals surface area (Å²) in [4.78, 5) is 11.2. The molecular formula is C9H11NO2S. The third-order valence-electron chi connectivity index (χ3n) is 1.51. The van der Waals surface area contributed by atoms with E-state index in [2.05, 4.69) is 5.32 Å². The second kappa shape index (κ2) is 4.77. The summed E-state index contributed by atoms with van der Waals surface area (Å²) in [5.41, 5.74) is 1.03. The number of hydrogen-bond acceptors (Lipinski definition) is 3. The highest BCUT2D eigenvalue weighted by Gasteiger charge is 1.98. The SMILES string of the molecule is CNc1ccc(SCC(=O)O)cc1. The van der Waals surface area contributed by atoms with Gasteiger partial charge in [0.25, 0.3) is 0 Å². The molecule has 0 aromatic heterocycles. The fraction of sp³-hybridized carbons (Fsp3) is 0.222. The quantitative estimate of drug-likeness (QED) is 0.724. The van der Waals surface area contributed by atoms with Crippen molar-refractivity contribution < 1.29 is 9.90 Å². The van der Waals surface area contributed by atoms with Crippen LogP contribution in [0.15, 0.2) is 29.2 Å². The highest BCUT2D eigenvalue weighted by Crippen LogP contribution is 2.19. The van der Waals surface area contributed by atoms with Gasteiger partial charge in [0.15, 0.2) is 0 Å². The lowest BCUT2D eigenvalue weighted by Gasteiger charge is -2.01. The molecule has 0 bridgehead atoms. The molecule has 3 nitrogen and oxygen atoms in total. The van der Waals surface area contributed by atoms with Crippen molar-refractivity contribution in [2.75, 3.05) is 18.1 Å². The Kier molecular flexibility index (Phi) is 3.64. The van der Waals surface area contributed by atoms with Gasteiger partial charge in [-0.2, -0.15) is 0 Å². The third-order valence-corrected chi connectivity index (χ3v) is 2.50. The number of benzene rings is 1. The molecular weight excluding hydrogens is 186 g/mol. The van der Waals surface area contributed by atoms with Gasteiger partial charge in [-0.15, -0.1) is 11.8 Å². The van der Waals surface area contributed by atoms with Crippen LogP contribution < -0.4 is 5.32 Å². The van der Waals surface area contributed by atoms with Crippen LogP contribution in [0.4, 0.5) is 5.69 Å². The number of carboxylic acid groups (broad SMARTS) is 1. The molecule has 0 saturated heterocycles. The van der Waals surface area contributed by atoms with Crippen LogP contribution in [0, 0.1) is 0 Å². The van der Waals surface area contributed by atoms with Gasteiger partial charge in [-0.3, -0.25) is 4.79 Å². The topological polar surface area (TPSA) is 49.3 Å². The van der Waals surface area contributed by atoms with Gasteiger partial charge >= 0.3 is 5.97 Å². The van der Waals surface area contributed by atoms with Gasteiger partial charge in [-0.25, -0.2) is 0 Å². The monoisotopic (exact) mass is 197 g/mol. The first-order chi connectivity index (χ1) is 6.22. The molecule has 0 aliphatic carbocycles. The van der Waals surface area contributed by atoms with Gasteiger partial charge in [0, 0.05) is 17.6 Å². The summed E-state index contributed by atoms with van der Waals surface area (Å²) >= 11 is 1.32. The number of nitrogens with one attached hydrogen (secondary N) is 1. The minimum Gasteiger partial charge on any atom is -0.481 e. The molecule has 0 amide bonds. The fourth-order valence-corrected chi connectivity index (χ4v) is 1.48. The average Bonchev–Trinajstić information content (AvgIpc) is 2.15. The van der Waals surface area contributed by atoms with E-state index in [1.165, 1.54) is 11.8 Å². The molecule has 0 aliphatic rings. The lowest BCUT2D eigenvalue weighted by molar-refractivity contribution is -0.133. The summed E-state index contributed by atoms with van der Waals surface area (Å²) in [6.45, 7) is 0. The van der Waals surface area contributed by atoms with Gasteiger partial charge in [0.05, 0.1) is 5.75 Å². The van der Waals surface area contributed by atoms with E-state index >= 15 is 0 Å². The molecule has 0 radical (unpaired) electrons. The van der Waals surface area contributed by atoms with E-state index in [0.29, 0.717) is 0 Å². The number of rotatable bonds is 4. The van der Waals surface area contributed by atoms with E-state index in [4.69, 9.17) is 5.11 Å². The van der Waals surface area contributed by atoms with E-state index < -0.39 is 5.97 Å². The third kappa shape index (κ3) is 3.38. The Balaban J connectivity index is 2.54. The van der Waals surface area contributed by atoms with Crippen molar-refractivity contribution in [3.8, 4) is 0 Å². The molecule has 0 heterocycles. The highest BCUT2D eigenvalue weighted by molar-refractivity contribution is 8.00. The molecule has 70 valence electrons. The normalized spacial score (nSPS) is 9.62. The second-order valence-corrected chi connectivity index (χ2v) is 3.51. The number of thioether (sulfide) groups is 1. The van der Waals surface area contributed by atoms with E-state index in [0.717, 1.165) is 10.6 Å². The Labute approximate surface area is 81.2 Å². The average molecular weight is 197 g/mol. The van der Waals surface area contributed by atoms with Crippen molar-refractivity contribution >= 4 is 23.4 Å². The smallest absolute Gasteiger partial charge is 0.313 e. The fourth-order valence-electron chi connectivity index (χ4n) is 0.863. The molecule has 1 aromatic rings. The number of carbonyl (C=O) groups is 1. The van der Waals surface area contributed by atoms with E-state index in [1.54, 1.807) is 0 Å². The molecule has 1 rings (SSSR count). The van der Waals surface area contributed by atoms with Gasteiger partial charge < -0.3 is 10.4 Å². The maximum absolute atomic E-state index is 10.3. The van der Waals surface area contributed by atoms with Gasteiger partial charge in [0.2, 0.25) is 0 Å². The summed E-state index contributed by atoms with van der Waals surface area (Å²) in [6.07, 6.45) is 0. The Morgan fingerprint density at radius 1 is 1.46 bits per heavy atom. The first-order valence-electron chi connectivity index (χ1n) is 3.85. The molecule has 13 heavy (non-hydrogen) atoms. The maximum atomic E-state index is 10.3. The summed E-state index contributed by atoms with van der Waals surface area (Å²) < 4.78 is 0. The summed E-state index contributed by atoms with van der Waals surface area (Å²) in [6, 6.07) is 7.65. The summed E-state index contributed by atoms with van der Waals surface area (Å²) in [7, 11) is 1.85. The molecule has 1 aromatic carbocycles. The molecule has 0 fully saturated rings. The minimum atomic E-state index is -0.789. The van der Waals surface area contributed by atoms with Gasteiger partial charge in [-0.1, -0.05) is 0 Å². The van der Waals surface area contributed by atoms with Crippen molar-refractivity contribution in [3.63, 3.8) is 0 Å². The van der Waals surface area contributed by atoms with Crippen LogP contribution in [-0.2, 0) is 4.79 Å². The first-order valence-corrected chi connectivity index (χ1v) is 4.83. The van der Waals surface area contributed by atoms with E-state index in [1.807, 2.05) is 31.3 Å². The Hall–Kier alpha value is -1.16. The van der Waals surface area contributed by atoms with Crippen molar-refractivity contribution in [1.29, 1.82) is 0 Å². The minimum absolute atomic E-state index is 0.110. The highest BCUT2D eigenvalue weighted by atomic mass is 32.2. The van der Waals surface area contributed by atoms with Crippen molar-refractivity contribution in [2.24, 2.45) is 0 Å². The Bertz CT molecular complexity index is 284. The number of carboxylic acids is 1. The molecule has 0 saturated carbocycles. The molecule has 0 spiro atoms. The summed E-state index contributed by atoms with van der Waals surface area (Å²) in [5, 5.41) is 11.4. The van der Waals surface area contributed by atoms with Crippen molar-refractivity contribution in [2.45, 2.75) is 4.90 Å². The Morgan fingerprint density at radius 2 is 2.08 bits per heavy atom. The van der Waals surface area contributed by atoms with Crippen LogP contribution in [-0.4, -0.2) is 23.9 Å². The number of hydrogen-bond donors (Lipinski definition) is 2. The number of aliphatic carboxylic acids is 1. The largest absolute Gasteiger partial charge is 0.481 e. The zero-order valence-corrected chi connectivity index (χ0v) is 8.10. The molecule has 2 N–H and O–H groups in total. The van der Waals surface area contributed by atoms with Gasteiger partial charge in [0.1, 0.15) is 0 Å². The molecule has 0 unspecified atom stereocenters. The number of anilines is 1. The molecule has 0 aliphatic heterocycles. The van der Waals surface area contributed by atoms with Crippen molar-refractivity contribution in [3.05, 3.63) is 24.3 Å². The van der Waals surface area contributed by atoms with Crippen LogP contribution in [0.1, 0.15) is 0 Å². The molecule has 4 heteroatoms. The summed E-state index contributed by atoms with van der Waals surface area (Å²) in [5.74, 6) is -0.679. The lowest BCUT2D eigenvalue weighted by atomic mass is 10.3. The van der Waals surface area contributed by atoms with Crippen LogP contribution in [0.2, 0.25) is 0 Å². The van der Waals surface area contributed by atoms with Crippen LogP contribution in [0.25, 0.3) is 0 Å². The Morgan fingerprint density at radius 3 is 2.54 bits per heavy atom. The van der Waals surface area contributed by atoms with Gasteiger partial charge in [-0.05, 0) is 24.3 Å². The zero-order chi connectivity index (χ0) is 9.68. The first kappa shape index (κ1) is 9.92. The van der Waals surface area contributed by atoms with E-state index in [-0.39, 0.29) is 5.75 Å². The second-order valence-electron chi connectivity index (χ2n) is 2.46. The zero-order valence-electron chi connectivity index (χ0n) is 7.28. The van der Waals surface area contributed by atoms with E-state index in [9.17, 15) is 4.79 Å². The van der Waals surface area contributed by atoms with Crippen LogP contribution in [0.5, 0.6) is 0 Å². The van der Waals surface area contributed by atoms with Crippen LogP contribution >= 0.6 is 11.8 Å².